The number of β-lactam (4-membered cyclic amide) rings is 1. The first-order valence-corrected chi connectivity index (χ1v) is 8.88. The minimum atomic E-state index is -0.748. The van der Waals surface area contributed by atoms with Gasteiger partial charge in [0.25, 0.3) is 0 Å². The van der Waals surface area contributed by atoms with Crippen LogP contribution in [0.4, 0.5) is 5.69 Å². The third-order valence-electron chi connectivity index (χ3n) is 4.24. The van der Waals surface area contributed by atoms with Gasteiger partial charge in [-0.3, -0.25) is 24.4 Å². The zero-order valence-electron chi connectivity index (χ0n) is 14.9. The molecule has 9 nitrogen and oxygen atoms in total. The highest BCUT2D eigenvalue weighted by Crippen LogP contribution is 2.12. The highest BCUT2D eigenvalue weighted by Gasteiger charge is 2.33. The van der Waals surface area contributed by atoms with Gasteiger partial charge in [0, 0.05) is 12.1 Å². The van der Waals surface area contributed by atoms with Crippen LogP contribution in [0.25, 0.3) is 0 Å². The predicted molar refractivity (Wildman–Crippen MR) is 96.6 cm³/mol. The summed E-state index contributed by atoms with van der Waals surface area (Å²) in [7, 11) is 0. The van der Waals surface area contributed by atoms with Gasteiger partial charge in [0.05, 0.1) is 6.42 Å². The second-order valence-electron chi connectivity index (χ2n) is 6.37. The number of nitrogens with one attached hydrogen (secondary N) is 4. The minimum absolute atomic E-state index is 0.120. The SMILES string of the molecule is O=C(CCCCCC(NC(=O)C1CC(=O)N1)C(=O)Nc1ccccc1)NO. The van der Waals surface area contributed by atoms with Gasteiger partial charge in [-0.25, -0.2) is 5.48 Å². The van der Waals surface area contributed by atoms with Crippen LogP contribution in [0.2, 0.25) is 0 Å². The Morgan fingerprint density at radius 2 is 1.85 bits per heavy atom. The molecule has 1 fully saturated rings. The molecule has 1 heterocycles. The molecule has 2 rings (SSSR count). The average molecular weight is 376 g/mol. The molecule has 0 saturated carbocycles. The number of amides is 4. The van der Waals surface area contributed by atoms with Crippen LogP contribution in [0.5, 0.6) is 0 Å². The fraction of sp³-hybridized carbons (Fsp3) is 0.444. The number of anilines is 1. The van der Waals surface area contributed by atoms with Crippen LogP contribution in [0.3, 0.4) is 0 Å². The van der Waals surface area contributed by atoms with Crippen molar-refractivity contribution in [1.29, 1.82) is 0 Å². The van der Waals surface area contributed by atoms with Crippen LogP contribution in [0.1, 0.15) is 38.5 Å². The van der Waals surface area contributed by atoms with Crippen molar-refractivity contribution in [3.8, 4) is 0 Å². The Balaban J connectivity index is 1.86. The molecule has 1 saturated heterocycles. The Bertz CT molecular complexity index is 672. The van der Waals surface area contributed by atoms with E-state index in [2.05, 4.69) is 16.0 Å². The Labute approximate surface area is 156 Å². The van der Waals surface area contributed by atoms with E-state index in [0.717, 1.165) is 0 Å². The van der Waals surface area contributed by atoms with Crippen LogP contribution in [-0.4, -0.2) is 40.9 Å². The molecule has 0 spiro atoms. The summed E-state index contributed by atoms with van der Waals surface area (Å²) < 4.78 is 0. The minimum Gasteiger partial charge on any atom is -0.344 e. The lowest BCUT2D eigenvalue weighted by Crippen LogP contribution is -2.59. The molecule has 0 aliphatic carbocycles. The van der Waals surface area contributed by atoms with Crippen molar-refractivity contribution in [2.24, 2.45) is 0 Å². The standard InChI is InChI=1S/C18H24N4O5/c23-15(22-27)10-6-2-5-9-13(21-18(26)14-11-16(24)20-14)17(25)19-12-7-3-1-4-8-12/h1,3-4,7-8,13-14,27H,2,5-6,9-11H2,(H,19,25)(H,20,24)(H,21,26)(H,22,23). The molecule has 1 aromatic carbocycles. The molecule has 1 aliphatic heterocycles. The number of rotatable bonds is 10. The van der Waals surface area contributed by atoms with Crippen LogP contribution in [0.15, 0.2) is 30.3 Å². The van der Waals surface area contributed by atoms with Crippen molar-refractivity contribution in [3.63, 3.8) is 0 Å². The molecule has 27 heavy (non-hydrogen) atoms. The number of hydrogen-bond acceptors (Lipinski definition) is 5. The molecular weight excluding hydrogens is 352 g/mol. The third-order valence-corrected chi connectivity index (χ3v) is 4.24. The number of carbonyl (C=O) groups excluding carboxylic acids is 4. The molecule has 1 aliphatic rings. The Kier molecular flexibility index (Phi) is 7.75. The number of benzene rings is 1. The van der Waals surface area contributed by atoms with Crippen LogP contribution >= 0.6 is 0 Å². The molecule has 2 unspecified atom stereocenters. The summed E-state index contributed by atoms with van der Waals surface area (Å²) in [5.74, 6) is -1.37. The van der Waals surface area contributed by atoms with Gasteiger partial charge in [-0.1, -0.05) is 31.0 Å². The highest BCUT2D eigenvalue weighted by molar-refractivity contribution is 6.01. The molecule has 1 aromatic rings. The summed E-state index contributed by atoms with van der Waals surface area (Å²) in [4.78, 5) is 46.7. The maximum Gasteiger partial charge on any atom is 0.246 e. The van der Waals surface area contributed by atoms with Crippen LogP contribution in [-0.2, 0) is 19.2 Å². The second kappa shape index (κ2) is 10.3. The van der Waals surface area contributed by atoms with Gasteiger partial charge < -0.3 is 16.0 Å². The molecule has 4 amide bonds. The van der Waals surface area contributed by atoms with Crippen LogP contribution in [0, 0.1) is 0 Å². The summed E-state index contributed by atoms with van der Waals surface area (Å²) in [5, 5.41) is 16.4. The van der Waals surface area contributed by atoms with Gasteiger partial charge in [-0.15, -0.1) is 0 Å². The van der Waals surface area contributed by atoms with E-state index in [9.17, 15) is 19.2 Å². The first-order chi connectivity index (χ1) is 13.0. The van der Waals surface area contributed by atoms with Crippen LogP contribution < -0.4 is 21.4 Å². The number of para-hydroxylation sites is 1. The summed E-state index contributed by atoms with van der Waals surface area (Å²) >= 11 is 0. The van der Waals surface area contributed by atoms with Crippen molar-refractivity contribution in [2.45, 2.75) is 50.6 Å². The van der Waals surface area contributed by atoms with E-state index in [4.69, 9.17) is 5.21 Å². The average Bonchev–Trinajstić information content (AvgIpc) is 2.64. The number of unbranched alkanes of at least 4 members (excludes halogenated alkanes) is 2. The van der Waals surface area contributed by atoms with Crippen molar-refractivity contribution < 1.29 is 24.4 Å². The molecule has 0 aromatic heterocycles. The summed E-state index contributed by atoms with van der Waals surface area (Å²) in [6, 6.07) is 7.56. The van der Waals surface area contributed by atoms with Crippen molar-refractivity contribution in [2.75, 3.05) is 5.32 Å². The van der Waals surface area contributed by atoms with E-state index < -0.39 is 18.0 Å². The molecule has 0 bridgehead atoms. The van der Waals surface area contributed by atoms with E-state index in [1.165, 1.54) is 0 Å². The largest absolute Gasteiger partial charge is 0.344 e. The number of hydroxylamine groups is 1. The van der Waals surface area contributed by atoms with E-state index in [1.54, 1.807) is 29.7 Å². The lowest BCUT2D eigenvalue weighted by atomic mass is 10.0. The third kappa shape index (κ3) is 6.70. The van der Waals surface area contributed by atoms with Gasteiger partial charge in [0.15, 0.2) is 0 Å². The van der Waals surface area contributed by atoms with E-state index in [-0.39, 0.29) is 30.6 Å². The molecular formula is C18H24N4O5. The first kappa shape index (κ1) is 20.4. The predicted octanol–water partition coefficient (Wildman–Crippen LogP) is 0.454. The fourth-order valence-corrected chi connectivity index (χ4v) is 2.68. The lowest BCUT2D eigenvalue weighted by molar-refractivity contribution is -0.138. The van der Waals surface area contributed by atoms with Crippen molar-refractivity contribution in [3.05, 3.63) is 30.3 Å². The van der Waals surface area contributed by atoms with Gasteiger partial charge in [-0.2, -0.15) is 0 Å². The smallest absolute Gasteiger partial charge is 0.246 e. The van der Waals surface area contributed by atoms with E-state index >= 15 is 0 Å². The maximum atomic E-state index is 12.5. The topological polar surface area (TPSA) is 137 Å². The first-order valence-electron chi connectivity index (χ1n) is 8.88. The normalized spacial score (nSPS) is 16.5. The summed E-state index contributed by atoms with van der Waals surface area (Å²) in [6.07, 6.45) is 2.55. The number of carbonyl (C=O) groups is 4. The van der Waals surface area contributed by atoms with E-state index in [1.807, 2.05) is 6.07 Å². The fourth-order valence-electron chi connectivity index (χ4n) is 2.68. The highest BCUT2D eigenvalue weighted by atomic mass is 16.5. The summed E-state index contributed by atoms with van der Waals surface area (Å²) in [6.45, 7) is 0. The van der Waals surface area contributed by atoms with Gasteiger partial charge >= 0.3 is 0 Å². The Morgan fingerprint density at radius 3 is 2.48 bits per heavy atom. The molecule has 9 heteroatoms. The van der Waals surface area contributed by atoms with Gasteiger partial charge in [0.2, 0.25) is 23.6 Å². The molecule has 5 N–H and O–H groups in total. The zero-order valence-corrected chi connectivity index (χ0v) is 14.9. The molecule has 2 atom stereocenters. The van der Waals surface area contributed by atoms with Crippen molar-refractivity contribution in [1.82, 2.24) is 16.1 Å². The van der Waals surface area contributed by atoms with Gasteiger partial charge in [-0.05, 0) is 25.0 Å². The quantitative estimate of drug-likeness (QED) is 0.175. The Morgan fingerprint density at radius 1 is 1.15 bits per heavy atom. The van der Waals surface area contributed by atoms with Crippen molar-refractivity contribution >= 4 is 29.3 Å². The lowest BCUT2D eigenvalue weighted by Gasteiger charge is -2.28. The molecule has 0 radical (unpaired) electrons. The zero-order chi connectivity index (χ0) is 19.6. The Hall–Kier alpha value is -2.94. The van der Waals surface area contributed by atoms with E-state index in [0.29, 0.717) is 31.4 Å². The maximum absolute atomic E-state index is 12.5. The van der Waals surface area contributed by atoms with Gasteiger partial charge in [0.1, 0.15) is 12.1 Å². The molecule has 146 valence electrons. The monoisotopic (exact) mass is 376 g/mol. The second-order valence-corrected chi connectivity index (χ2v) is 6.37. The summed E-state index contributed by atoms with van der Waals surface area (Å²) in [5.41, 5.74) is 2.19. The number of hydrogen-bond donors (Lipinski definition) is 5.